The summed E-state index contributed by atoms with van der Waals surface area (Å²) in [6.07, 6.45) is 4.70. The Morgan fingerprint density at radius 3 is 2.86 bits per heavy atom. The zero-order valence-electron chi connectivity index (χ0n) is 8.40. The second kappa shape index (κ2) is 4.56. The summed E-state index contributed by atoms with van der Waals surface area (Å²) in [5.74, 6) is 1.01. The van der Waals surface area contributed by atoms with Gasteiger partial charge < -0.3 is 9.88 Å². The highest BCUT2D eigenvalue weighted by molar-refractivity contribution is 7.90. The number of aryl methyl sites for hydroxylation is 1. The lowest BCUT2D eigenvalue weighted by molar-refractivity contribution is 0.589. The molecule has 6 heteroatoms. The number of nitrogens with one attached hydrogen (secondary N) is 1. The standard InChI is InChI=1S/C8H15N3O2S/c1-9-7-8-10-3-4-11(8)5-6-14(2,12)13/h3-4,9H,5-7H2,1-2H3. The summed E-state index contributed by atoms with van der Waals surface area (Å²) in [6.45, 7) is 1.12. The fourth-order valence-electron chi connectivity index (χ4n) is 1.13. The number of sulfone groups is 1. The van der Waals surface area contributed by atoms with Gasteiger partial charge in [0.2, 0.25) is 0 Å². The summed E-state index contributed by atoms with van der Waals surface area (Å²) in [4.78, 5) is 4.11. The molecule has 1 aromatic rings. The van der Waals surface area contributed by atoms with Crippen molar-refractivity contribution in [1.82, 2.24) is 14.9 Å². The SMILES string of the molecule is CNCc1nccn1CCS(C)(=O)=O. The molecule has 0 unspecified atom stereocenters. The Balaban J connectivity index is 2.62. The van der Waals surface area contributed by atoms with Gasteiger partial charge in [0, 0.05) is 25.2 Å². The van der Waals surface area contributed by atoms with Crippen LogP contribution in [0.3, 0.4) is 0 Å². The highest BCUT2D eigenvalue weighted by atomic mass is 32.2. The van der Waals surface area contributed by atoms with Crippen LogP contribution in [-0.4, -0.2) is 37.0 Å². The molecular formula is C8H15N3O2S. The van der Waals surface area contributed by atoms with Crippen LogP contribution in [0.15, 0.2) is 12.4 Å². The van der Waals surface area contributed by atoms with Crippen LogP contribution in [0.5, 0.6) is 0 Å². The minimum atomic E-state index is -2.90. The summed E-state index contributed by atoms with van der Waals surface area (Å²) in [7, 11) is -1.07. The summed E-state index contributed by atoms with van der Waals surface area (Å²) in [6, 6.07) is 0. The molecule has 0 radical (unpaired) electrons. The fourth-order valence-corrected chi connectivity index (χ4v) is 1.66. The van der Waals surface area contributed by atoms with Gasteiger partial charge in [-0.25, -0.2) is 13.4 Å². The van der Waals surface area contributed by atoms with Crippen molar-refractivity contribution in [1.29, 1.82) is 0 Å². The first kappa shape index (κ1) is 11.2. The van der Waals surface area contributed by atoms with Crippen LogP contribution in [0.2, 0.25) is 0 Å². The molecule has 0 amide bonds. The van der Waals surface area contributed by atoms with Crippen molar-refractivity contribution in [2.75, 3.05) is 19.1 Å². The summed E-state index contributed by atoms with van der Waals surface area (Å²) < 4.78 is 23.7. The summed E-state index contributed by atoms with van der Waals surface area (Å²) in [5, 5.41) is 2.97. The van der Waals surface area contributed by atoms with Crippen LogP contribution in [-0.2, 0) is 22.9 Å². The van der Waals surface area contributed by atoms with E-state index in [0.29, 0.717) is 13.1 Å². The van der Waals surface area contributed by atoms with Gasteiger partial charge in [-0.15, -0.1) is 0 Å². The normalized spacial score (nSPS) is 11.9. The van der Waals surface area contributed by atoms with Crippen molar-refractivity contribution < 1.29 is 8.42 Å². The van der Waals surface area contributed by atoms with E-state index >= 15 is 0 Å². The molecule has 80 valence electrons. The van der Waals surface area contributed by atoms with E-state index in [1.54, 1.807) is 12.4 Å². The third-order valence-electron chi connectivity index (χ3n) is 1.84. The van der Waals surface area contributed by atoms with Crippen molar-refractivity contribution in [3.63, 3.8) is 0 Å². The van der Waals surface area contributed by atoms with E-state index in [2.05, 4.69) is 10.3 Å². The van der Waals surface area contributed by atoms with Crippen LogP contribution in [0.1, 0.15) is 5.82 Å². The lowest BCUT2D eigenvalue weighted by Gasteiger charge is -2.05. The topological polar surface area (TPSA) is 64.0 Å². The molecule has 14 heavy (non-hydrogen) atoms. The van der Waals surface area contributed by atoms with Gasteiger partial charge in [-0.05, 0) is 7.05 Å². The van der Waals surface area contributed by atoms with Gasteiger partial charge in [0.15, 0.2) is 0 Å². The Hall–Kier alpha value is -0.880. The minimum absolute atomic E-state index is 0.153. The Morgan fingerprint density at radius 2 is 2.29 bits per heavy atom. The molecular weight excluding hydrogens is 202 g/mol. The second-order valence-electron chi connectivity index (χ2n) is 3.20. The fraction of sp³-hybridized carbons (Fsp3) is 0.625. The van der Waals surface area contributed by atoms with E-state index in [-0.39, 0.29) is 5.75 Å². The minimum Gasteiger partial charge on any atom is -0.333 e. The van der Waals surface area contributed by atoms with E-state index < -0.39 is 9.84 Å². The maximum atomic E-state index is 10.9. The third kappa shape index (κ3) is 3.47. The average molecular weight is 217 g/mol. The van der Waals surface area contributed by atoms with Crippen molar-refractivity contribution in [2.45, 2.75) is 13.1 Å². The third-order valence-corrected chi connectivity index (χ3v) is 2.76. The Morgan fingerprint density at radius 1 is 1.57 bits per heavy atom. The molecule has 0 bridgehead atoms. The smallest absolute Gasteiger partial charge is 0.149 e. The molecule has 1 N–H and O–H groups in total. The monoisotopic (exact) mass is 217 g/mol. The largest absolute Gasteiger partial charge is 0.333 e. The van der Waals surface area contributed by atoms with Gasteiger partial charge in [0.25, 0.3) is 0 Å². The number of aromatic nitrogens is 2. The Bertz CT molecular complexity index is 383. The van der Waals surface area contributed by atoms with Crippen LogP contribution >= 0.6 is 0 Å². The summed E-state index contributed by atoms with van der Waals surface area (Å²) in [5.41, 5.74) is 0. The number of hydrogen-bond acceptors (Lipinski definition) is 4. The zero-order chi connectivity index (χ0) is 10.6. The molecule has 0 spiro atoms. The van der Waals surface area contributed by atoms with E-state index in [0.717, 1.165) is 5.82 Å². The van der Waals surface area contributed by atoms with Gasteiger partial charge in [0.1, 0.15) is 15.7 Å². The number of nitrogens with zero attached hydrogens (tertiary/aromatic N) is 2. The van der Waals surface area contributed by atoms with Crippen molar-refractivity contribution in [3.8, 4) is 0 Å². The first-order valence-electron chi connectivity index (χ1n) is 4.35. The molecule has 1 aromatic heterocycles. The van der Waals surface area contributed by atoms with Crippen molar-refractivity contribution in [2.24, 2.45) is 0 Å². The first-order valence-corrected chi connectivity index (χ1v) is 6.41. The van der Waals surface area contributed by atoms with Gasteiger partial charge in [-0.3, -0.25) is 0 Å². The lowest BCUT2D eigenvalue weighted by Crippen LogP contribution is -2.16. The maximum Gasteiger partial charge on any atom is 0.149 e. The second-order valence-corrected chi connectivity index (χ2v) is 5.46. The Labute approximate surface area is 84.1 Å². The van der Waals surface area contributed by atoms with E-state index in [4.69, 9.17) is 0 Å². The molecule has 0 saturated carbocycles. The van der Waals surface area contributed by atoms with E-state index in [9.17, 15) is 8.42 Å². The average Bonchev–Trinajstić information content (AvgIpc) is 2.48. The van der Waals surface area contributed by atoms with Crippen LogP contribution in [0.4, 0.5) is 0 Å². The first-order chi connectivity index (χ1) is 6.53. The molecule has 0 fully saturated rings. The molecule has 0 aliphatic carbocycles. The number of imidazole rings is 1. The molecule has 5 nitrogen and oxygen atoms in total. The van der Waals surface area contributed by atoms with Gasteiger partial charge in [-0.2, -0.15) is 0 Å². The number of rotatable bonds is 5. The van der Waals surface area contributed by atoms with Crippen molar-refractivity contribution >= 4 is 9.84 Å². The van der Waals surface area contributed by atoms with Crippen LogP contribution < -0.4 is 5.32 Å². The molecule has 0 saturated heterocycles. The highest BCUT2D eigenvalue weighted by Gasteiger charge is 2.05. The molecule has 0 aromatic carbocycles. The van der Waals surface area contributed by atoms with Gasteiger partial charge in [0.05, 0.1) is 12.3 Å². The zero-order valence-corrected chi connectivity index (χ0v) is 9.21. The molecule has 1 rings (SSSR count). The van der Waals surface area contributed by atoms with Gasteiger partial charge in [-0.1, -0.05) is 0 Å². The van der Waals surface area contributed by atoms with E-state index in [1.165, 1.54) is 6.26 Å². The molecule has 0 atom stereocenters. The van der Waals surface area contributed by atoms with E-state index in [1.807, 2.05) is 11.6 Å². The maximum absolute atomic E-state index is 10.9. The van der Waals surface area contributed by atoms with Crippen LogP contribution in [0, 0.1) is 0 Å². The Kier molecular flexibility index (Phi) is 3.65. The molecule has 0 aliphatic rings. The lowest BCUT2D eigenvalue weighted by atomic mass is 10.5. The quantitative estimate of drug-likeness (QED) is 0.732. The van der Waals surface area contributed by atoms with Crippen molar-refractivity contribution in [3.05, 3.63) is 18.2 Å². The summed E-state index contributed by atoms with van der Waals surface area (Å²) >= 11 is 0. The highest BCUT2D eigenvalue weighted by Crippen LogP contribution is 1.98. The predicted octanol–water partition coefficient (Wildman–Crippen LogP) is -0.353. The van der Waals surface area contributed by atoms with Gasteiger partial charge >= 0.3 is 0 Å². The van der Waals surface area contributed by atoms with Crippen LogP contribution in [0.25, 0.3) is 0 Å². The molecule has 1 heterocycles. The number of hydrogen-bond donors (Lipinski definition) is 1. The predicted molar refractivity (Wildman–Crippen MR) is 54.7 cm³/mol. The molecule has 0 aliphatic heterocycles.